The van der Waals surface area contributed by atoms with Crippen molar-refractivity contribution >= 4 is 17.4 Å². The number of aryl methyl sites for hydroxylation is 1. The fourth-order valence-electron chi connectivity index (χ4n) is 1.70. The van der Waals surface area contributed by atoms with E-state index in [2.05, 4.69) is 0 Å². The third-order valence-electron chi connectivity index (χ3n) is 2.88. The number of hydrogen-bond donors (Lipinski definition) is 1. The highest BCUT2D eigenvalue weighted by molar-refractivity contribution is 7.98. The van der Waals surface area contributed by atoms with Gasteiger partial charge in [-0.1, -0.05) is 6.07 Å². The van der Waals surface area contributed by atoms with Gasteiger partial charge in [-0.15, -0.1) is 11.8 Å². The summed E-state index contributed by atoms with van der Waals surface area (Å²) in [6.07, 6.45) is 0. The van der Waals surface area contributed by atoms with Crippen LogP contribution in [0.3, 0.4) is 0 Å². The van der Waals surface area contributed by atoms with Crippen LogP contribution in [0.4, 0.5) is 27.6 Å². The molecule has 0 aromatic heterocycles. The number of nitrogen functional groups attached to an aromatic ring is 1. The zero-order chi connectivity index (χ0) is 15.7. The Morgan fingerprint density at radius 1 is 0.905 bits per heavy atom. The van der Waals surface area contributed by atoms with Gasteiger partial charge in [0, 0.05) is 21.9 Å². The van der Waals surface area contributed by atoms with Crippen molar-refractivity contribution in [2.75, 3.05) is 5.73 Å². The smallest absolute Gasteiger partial charge is 0.200 e. The van der Waals surface area contributed by atoms with E-state index in [0.717, 1.165) is 17.3 Å². The fraction of sp³-hybridized carbons (Fsp3) is 0.143. The molecule has 2 aromatic rings. The predicted molar refractivity (Wildman–Crippen MR) is 71.4 cm³/mol. The normalized spacial score (nSPS) is 11.0. The van der Waals surface area contributed by atoms with Crippen molar-refractivity contribution in [3.8, 4) is 0 Å². The summed E-state index contributed by atoms with van der Waals surface area (Å²) >= 11 is 0.950. The minimum Gasteiger partial charge on any atom is -0.399 e. The maximum Gasteiger partial charge on any atom is 0.200 e. The molecule has 0 unspecified atom stereocenters. The van der Waals surface area contributed by atoms with Crippen LogP contribution in [0, 0.1) is 36.0 Å². The number of benzene rings is 2. The van der Waals surface area contributed by atoms with Crippen LogP contribution in [0.25, 0.3) is 0 Å². The quantitative estimate of drug-likeness (QED) is 0.295. The Kier molecular flexibility index (Phi) is 4.41. The van der Waals surface area contributed by atoms with Gasteiger partial charge in [0.25, 0.3) is 0 Å². The Morgan fingerprint density at radius 2 is 1.43 bits per heavy atom. The lowest BCUT2D eigenvalue weighted by Gasteiger charge is -2.10. The highest BCUT2D eigenvalue weighted by Crippen LogP contribution is 2.31. The zero-order valence-corrected chi connectivity index (χ0v) is 11.6. The summed E-state index contributed by atoms with van der Waals surface area (Å²) < 4.78 is 66.1. The number of anilines is 1. The van der Waals surface area contributed by atoms with Crippen molar-refractivity contribution in [2.24, 2.45) is 0 Å². The number of rotatable bonds is 3. The van der Waals surface area contributed by atoms with E-state index in [9.17, 15) is 22.0 Å². The standard InChI is InChI=1S/C14H10F5NS/c1-6-2-3-7(20)4-9(6)21-5-8-10(15)12(17)14(19)13(18)11(8)16/h2-4H,5,20H2,1H3. The summed E-state index contributed by atoms with van der Waals surface area (Å²) in [6, 6.07) is 4.93. The molecule has 0 saturated carbocycles. The SMILES string of the molecule is Cc1ccc(N)cc1SCc1c(F)c(F)c(F)c(F)c1F. The fourth-order valence-corrected chi connectivity index (χ4v) is 2.77. The number of halogens is 5. The van der Waals surface area contributed by atoms with Gasteiger partial charge in [0.15, 0.2) is 23.3 Å². The van der Waals surface area contributed by atoms with Crippen molar-refractivity contribution in [1.29, 1.82) is 0 Å². The molecule has 0 aliphatic heterocycles. The van der Waals surface area contributed by atoms with Crippen LogP contribution in [-0.2, 0) is 5.75 Å². The van der Waals surface area contributed by atoms with Crippen LogP contribution >= 0.6 is 11.8 Å². The Hall–Kier alpha value is -1.76. The minimum absolute atomic E-state index is 0.393. The van der Waals surface area contributed by atoms with E-state index < -0.39 is 40.4 Å². The van der Waals surface area contributed by atoms with Crippen molar-refractivity contribution in [3.05, 3.63) is 58.4 Å². The Balaban J connectivity index is 2.35. The first-order valence-electron chi connectivity index (χ1n) is 5.82. The first-order valence-corrected chi connectivity index (χ1v) is 6.80. The van der Waals surface area contributed by atoms with Gasteiger partial charge < -0.3 is 5.73 Å². The maximum absolute atomic E-state index is 13.5. The second-order valence-electron chi connectivity index (χ2n) is 4.36. The Bertz CT molecular complexity index is 673. The molecule has 0 aliphatic carbocycles. The van der Waals surface area contributed by atoms with Crippen molar-refractivity contribution in [3.63, 3.8) is 0 Å². The average Bonchev–Trinajstić information content (AvgIpc) is 2.46. The van der Waals surface area contributed by atoms with E-state index in [4.69, 9.17) is 5.73 Å². The van der Waals surface area contributed by atoms with Gasteiger partial charge in [-0.2, -0.15) is 0 Å². The van der Waals surface area contributed by atoms with Crippen molar-refractivity contribution in [1.82, 2.24) is 0 Å². The van der Waals surface area contributed by atoms with Crippen LogP contribution in [0.2, 0.25) is 0 Å². The molecular weight excluding hydrogens is 309 g/mol. The topological polar surface area (TPSA) is 26.0 Å². The van der Waals surface area contributed by atoms with E-state index in [0.29, 0.717) is 10.6 Å². The van der Waals surface area contributed by atoms with Gasteiger partial charge in [-0.05, 0) is 24.6 Å². The molecule has 2 rings (SSSR count). The zero-order valence-electron chi connectivity index (χ0n) is 10.8. The van der Waals surface area contributed by atoms with Gasteiger partial charge in [0.05, 0.1) is 0 Å². The Morgan fingerprint density at radius 3 is 2.00 bits per heavy atom. The summed E-state index contributed by atoms with van der Waals surface area (Å²) in [4.78, 5) is 0.610. The summed E-state index contributed by atoms with van der Waals surface area (Å²) in [7, 11) is 0. The Labute approximate surface area is 122 Å². The van der Waals surface area contributed by atoms with Gasteiger partial charge in [0.1, 0.15) is 0 Å². The molecule has 0 saturated heterocycles. The molecule has 2 N–H and O–H groups in total. The molecule has 0 aliphatic rings. The molecule has 21 heavy (non-hydrogen) atoms. The molecule has 0 atom stereocenters. The third-order valence-corrected chi connectivity index (χ3v) is 4.07. The van der Waals surface area contributed by atoms with Crippen LogP contribution in [0.15, 0.2) is 23.1 Å². The summed E-state index contributed by atoms with van der Waals surface area (Å²) in [6.45, 7) is 1.75. The molecule has 0 amide bonds. The van der Waals surface area contributed by atoms with E-state index in [1.54, 1.807) is 25.1 Å². The van der Waals surface area contributed by atoms with E-state index in [-0.39, 0.29) is 0 Å². The number of nitrogens with two attached hydrogens (primary N) is 1. The second-order valence-corrected chi connectivity index (χ2v) is 5.38. The lowest BCUT2D eigenvalue weighted by molar-refractivity contribution is 0.372. The molecule has 1 nitrogen and oxygen atoms in total. The average molecular weight is 319 g/mol. The van der Waals surface area contributed by atoms with Gasteiger partial charge in [-0.3, -0.25) is 0 Å². The summed E-state index contributed by atoms with van der Waals surface area (Å²) in [5, 5.41) is 0. The molecule has 7 heteroatoms. The van der Waals surface area contributed by atoms with Gasteiger partial charge in [0.2, 0.25) is 5.82 Å². The van der Waals surface area contributed by atoms with Crippen LogP contribution in [-0.4, -0.2) is 0 Å². The lowest BCUT2D eigenvalue weighted by Crippen LogP contribution is -2.06. The van der Waals surface area contributed by atoms with Gasteiger partial charge in [-0.25, -0.2) is 22.0 Å². The van der Waals surface area contributed by atoms with Crippen molar-refractivity contribution < 1.29 is 22.0 Å². The number of hydrogen-bond acceptors (Lipinski definition) is 2. The van der Waals surface area contributed by atoms with Crippen LogP contribution < -0.4 is 5.73 Å². The predicted octanol–water partition coefficient (Wildman–Crippen LogP) is 4.57. The van der Waals surface area contributed by atoms with Crippen molar-refractivity contribution in [2.45, 2.75) is 17.6 Å². The first kappa shape index (κ1) is 15.6. The molecular formula is C14H10F5NS. The minimum atomic E-state index is -2.15. The third kappa shape index (κ3) is 2.97. The molecule has 0 spiro atoms. The maximum atomic E-state index is 13.5. The summed E-state index contributed by atoms with van der Waals surface area (Å²) in [5.74, 6) is -10.0. The molecule has 2 aromatic carbocycles. The van der Waals surface area contributed by atoms with Crippen LogP contribution in [0.1, 0.15) is 11.1 Å². The molecule has 0 heterocycles. The largest absolute Gasteiger partial charge is 0.399 e. The van der Waals surface area contributed by atoms with Crippen LogP contribution in [0.5, 0.6) is 0 Å². The molecule has 112 valence electrons. The monoisotopic (exact) mass is 319 g/mol. The second kappa shape index (κ2) is 5.93. The highest BCUT2D eigenvalue weighted by atomic mass is 32.2. The molecule has 0 bridgehead atoms. The summed E-state index contributed by atoms with van der Waals surface area (Å²) in [5.41, 5.74) is 5.98. The van der Waals surface area contributed by atoms with E-state index in [1.165, 1.54) is 0 Å². The first-order chi connectivity index (χ1) is 9.82. The molecule has 0 fully saturated rings. The van der Waals surface area contributed by atoms with E-state index >= 15 is 0 Å². The van der Waals surface area contributed by atoms with Gasteiger partial charge >= 0.3 is 0 Å². The lowest BCUT2D eigenvalue weighted by atomic mass is 10.2. The number of thioether (sulfide) groups is 1. The van der Waals surface area contributed by atoms with E-state index in [1.807, 2.05) is 0 Å². The molecule has 0 radical (unpaired) electrons. The highest BCUT2D eigenvalue weighted by Gasteiger charge is 2.25.